The lowest BCUT2D eigenvalue weighted by Gasteiger charge is -2.36. The molecule has 13 heavy (non-hydrogen) atoms. The number of rotatable bonds is 2. The lowest BCUT2D eigenvalue weighted by Crippen LogP contribution is -2.55. The Hall–Kier alpha value is 0.01000. The summed E-state index contributed by atoms with van der Waals surface area (Å²) in [5.41, 5.74) is 5.51. The molecule has 0 radical (unpaired) electrons. The molecule has 0 aliphatic carbocycles. The molecule has 1 aliphatic heterocycles. The number of nitrogens with one attached hydrogen (secondary N) is 1. The summed E-state index contributed by atoms with van der Waals surface area (Å²) < 4.78 is 0. The molecule has 80 valence electrons. The van der Waals surface area contributed by atoms with E-state index in [0.29, 0.717) is 13.0 Å². The molecule has 1 fully saturated rings. The summed E-state index contributed by atoms with van der Waals surface area (Å²) in [6, 6.07) is 0. The summed E-state index contributed by atoms with van der Waals surface area (Å²) in [7, 11) is 0. The van der Waals surface area contributed by atoms with E-state index in [1.807, 2.05) is 0 Å². The van der Waals surface area contributed by atoms with Gasteiger partial charge in [0.15, 0.2) is 0 Å². The average molecular weight is 229 g/mol. The Morgan fingerprint density at radius 1 is 1.54 bits per heavy atom. The van der Waals surface area contributed by atoms with Gasteiger partial charge < -0.3 is 11.1 Å². The molecule has 0 spiro atoms. The van der Waals surface area contributed by atoms with Crippen LogP contribution >= 0.6 is 24.8 Å². The fourth-order valence-electron chi connectivity index (χ4n) is 1.57. The van der Waals surface area contributed by atoms with Crippen molar-refractivity contribution in [2.75, 3.05) is 6.54 Å². The lowest BCUT2D eigenvalue weighted by atomic mass is 9.86. The molecule has 3 nitrogen and oxygen atoms in total. The Kier molecular flexibility index (Phi) is 7.69. The van der Waals surface area contributed by atoms with E-state index in [-0.39, 0.29) is 36.3 Å². The number of piperidine rings is 1. The molecule has 0 bridgehead atoms. The van der Waals surface area contributed by atoms with Crippen molar-refractivity contribution in [3.63, 3.8) is 0 Å². The molecular formula is C8H18Cl2N2O. The molecule has 1 amide bonds. The number of hydrogen-bond donors (Lipinski definition) is 2. The van der Waals surface area contributed by atoms with Crippen LogP contribution in [0, 0.1) is 0 Å². The minimum atomic E-state index is -0.0880. The first kappa shape index (κ1) is 15.5. The van der Waals surface area contributed by atoms with Crippen molar-refractivity contribution in [3.8, 4) is 0 Å². The van der Waals surface area contributed by atoms with Gasteiger partial charge in [-0.3, -0.25) is 4.79 Å². The highest BCUT2D eigenvalue weighted by atomic mass is 35.5. The lowest BCUT2D eigenvalue weighted by molar-refractivity contribution is -0.125. The molecular weight excluding hydrogens is 211 g/mol. The molecule has 0 aromatic carbocycles. The number of nitrogens with two attached hydrogens (primary N) is 1. The molecule has 1 aliphatic rings. The predicted molar refractivity (Wildman–Crippen MR) is 58.6 cm³/mol. The van der Waals surface area contributed by atoms with Gasteiger partial charge in [-0.25, -0.2) is 0 Å². The van der Waals surface area contributed by atoms with Gasteiger partial charge in [0.05, 0.1) is 5.54 Å². The van der Waals surface area contributed by atoms with Crippen LogP contribution in [0.5, 0.6) is 0 Å². The van der Waals surface area contributed by atoms with E-state index in [9.17, 15) is 4.79 Å². The maximum atomic E-state index is 11.0. The number of halogens is 2. The van der Waals surface area contributed by atoms with Crippen LogP contribution < -0.4 is 11.1 Å². The second-order valence-corrected chi connectivity index (χ2v) is 3.24. The summed E-state index contributed by atoms with van der Waals surface area (Å²) in [5, 5.41) is 2.97. The van der Waals surface area contributed by atoms with Gasteiger partial charge in [-0.1, -0.05) is 6.92 Å². The van der Waals surface area contributed by atoms with Gasteiger partial charge in [0.1, 0.15) is 0 Å². The van der Waals surface area contributed by atoms with Crippen LogP contribution in [-0.4, -0.2) is 18.0 Å². The first-order chi connectivity index (χ1) is 5.22. The van der Waals surface area contributed by atoms with Crippen LogP contribution in [0.15, 0.2) is 0 Å². The largest absolute Gasteiger partial charge is 0.349 e. The third kappa shape index (κ3) is 3.71. The predicted octanol–water partition coefficient (Wildman–Crippen LogP) is 1.24. The van der Waals surface area contributed by atoms with Crippen molar-refractivity contribution in [1.29, 1.82) is 0 Å². The van der Waals surface area contributed by atoms with Gasteiger partial charge >= 0.3 is 0 Å². The standard InChI is InChI=1S/C8H16N2O.2ClH/c1-2-8(6-9)5-3-4-7(11)10-8;;/h2-6,9H2,1H3,(H,10,11);2*1H. The zero-order chi connectivity index (χ0) is 8.32. The minimum Gasteiger partial charge on any atom is -0.349 e. The van der Waals surface area contributed by atoms with Crippen LogP contribution in [0.4, 0.5) is 0 Å². The highest BCUT2D eigenvalue weighted by molar-refractivity contribution is 5.85. The Labute approximate surface area is 91.6 Å². The fourth-order valence-corrected chi connectivity index (χ4v) is 1.57. The number of hydrogen-bond acceptors (Lipinski definition) is 2. The Morgan fingerprint density at radius 2 is 2.15 bits per heavy atom. The van der Waals surface area contributed by atoms with Crippen molar-refractivity contribution < 1.29 is 4.79 Å². The molecule has 0 aromatic heterocycles. The average Bonchev–Trinajstić information content (AvgIpc) is 2.04. The van der Waals surface area contributed by atoms with Crippen molar-refractivity contribution in [3.05, 3.63) is 0 Å². The van der Waals surface area contributed by atoms with Gasteiger partial charge in [-0.2, -0.15) is 0 Å². The summed E-state index contributed by atoms with van der Waals surface area (Å²) >= 11 is 0. The topological polar surface area (TPSA) is 55.1 Å². The molecule has 1 unspecified atom stereocenters. The quantitative estimate of drug-likeness (QED) is 0.748. The van der Waals surface area contributed by atoms with Gasteiger partial charge in [0.25, 0.3) is 0 Å². The van der Waals surface area contributed by atoms with Crippen LogP contribution in [0.25, 0.3) is 0 Å². The second-order valence-electron chi connectivity index (χ2n) is 3.24. The monoisotopic (exact) mass is 228 g/mol. The van der Waals surface area contributed by atoms with E-state index in [1.165, 1.54) is 0 Å². The summed E-state index contributed by atoms with van der Waals surface area (Å²) in [4.78, 5) is 11.0. The highest BCUT2D eigenvalue weighted by Crippen LogP contribution is 2.21. The van der Waals surface area contributed by atoms with Crippen LogP contribution in [-0.2, 0) is 4.79 Å². The number of carbonyl (C=O) groups is 1. The maximum absolute atomic E-state index is 11.0. The first-order valence-electron chi connectivity index (χ1n) is 4.23. The molecule has 3 N–H and O–H groups in total. The third-order valence-corrected chi connectivity index (χ3v) is 2.53. The maximum Gasteiger partial charge on any atom is 0.220 e. The van der Waals surface area contributed by atoms with Crippen molar-refractivity contribution in [1.82, 2.24) is 5.32 Å². The van der Waals surface area contributed by atoms with Crippen LogP contribution in [0.3, 0.4) is 0 Å². The van der Waals surface area contributed by atoms with E-state index in [4.69, 9.17) is 5.73 Å². The SMILES string of the molecule is CCC1(CN)CCCC(=O)N1.Cl.Cl. The van der Waals surface area contributed by atoms with E-state index < -0.39 is 0 Å². The zero-order valence-corrected chi connectivity index (χ0v) is 9.47. The molecule has 5 heteroatoms. The Bertz CT molecular complexity index is 160. The fraction of sp³-hybridized carbons (Fsp3) is 0.875. The third-order valence-electron chi connectivity index (χ3n) is 2.53. The Balaban J connectivity index is 0. The number of amides is 1. The molecule has 0 aromatic rings. The second kappa shape index (κ2) is 6.46. The van der Waals surface area contributed by atoms with Crippen LogP contribution in [0.2, 0.25) is 0 Å². The molecule has 1 rings (SSSR count). The first-order valence-corrected chi connectivity index (χ1v) is 4.23. The van der Waals surface area contributed by atoms with E-state index >= 15 is 0 Å². The Morgan fingerprint density at radius 3 is 2.46 bits per heavy atom. The van der Waals surface area contributed by atoms with Crippen LogP contribution in [0.1, 0.15) is 32.6 Å². The van der Waals surface area contributed by atoms with Crippen molar-refractivity contribution in [2.24, 2.45) is 5.73 Å². The van der Waals surface area contributed by atoms with Gasteiger partial charge in [-0.15, -0.1) is 24.8 Å². The van der Waals surface area contributed by atoms with Gasteiger partial charge in [-0.05, 0) is 19.3 Å². The smallest absolute Gasteiger partial charge is 0.220 e. The minimum absolute atomic E-state index is 0. The molecule has 1 atom stereocenters. The zero-order valence-electron chi connectivity index (χ0n) is 7.84. The van der Waals surface area contributed by atoms with E-state index in [0.717, 1.165) is 19.3 Å². The number of carbonyl (C=O) groups excluding carboxylic acids is 1. The molecule has 1 heterocycles. The normalized spacial score (nSPS) is 26.8. The summed E-state index contributed by atoms with van der Waals surface area (Å²) in [5.74, 6) is 0.156. The highest BCUT2D eigenvalue weighted by Gasteiger charge is 2.31. The van der Waals surface area contributed by atoms with Gasteiger partial charge in [0.2, 0.25) is 5.91 Å². The van der Waals surface area contributed by atoms with E-state index in [1.54, 1.807) is 0 Å². The van der Waals surface area contributed by atoms with Gasteiger partial charge in [0, 0.05) is 13.0 Å². The molecule has 1 saturated heterocycles. The van der Waals surface area contributed by atoms with Crippen molar-refractivity contribution in [2.45, 2.75) is 38.1 Å². The summed E-state index contributed by atoms with van der Waals surface area (Å²) in [6.45, 7) is 2.63. The van der Waals surface area contributed by atoms with E-state index in [2.05, 4.69) is 12.2 Å². The summed E-state index contributed by atoms with van der Waals surface area (Å²) in [6.07, 6.45) is 3.62. The van der Waals surface area contributed by atoms with Crippen molar-refractivity contribution >= 4 is 30.7 Å². The molecule has 0 saturated carbocycles.